The summed E-state index contributed by atoms with van der Waals surface area (Å²) in [5.41, 5.74) is 7.40. The van der Waals surface area contributed by atoms with Crippen molar-refractivity contribution in [2.45, 2.75) is 57.5 Å². The molecule has 2 amide bonds. The maximum atomic E-state index is 12.1. The molecule has 0 bridgehead atoms. The number of carbonyl (C=O) groups is 2. The van der Waals surface area contributed by atoms with Gasteiger partial charge in [0.25, 0.3) is 0 Å². The van der Waals surface area contributed by atoms with Gasteiger partial charge >= 0.3 is 0 Å². The van der Waals surface area contributed by atoms with Crippen LogP contribution in [-0.4, -0.2) is 33.9 Å². The zero-order valence-electron chi connectivity index (χ0n) is 19.3. The Kier molecular flexibility index (Phi) is 7.36. The number of anilines is 3. The minimum absolute atomic E-state index is 0.0135. The summed E-state index contributed by atoms with van der Waals surface area (Å²) in [6.45, 7) is 5.51. The van der Waals surface area contributed by atoms with E-state index in [0.717, 1.165) is 30.7 Å². The van der Waals surface area contributed by atoms with Crippen LogP contribution < -0.4 is 21.7 Å². The van der Waals surface area contributed by atoms with E-state index in [1.54, 1.807) is 12.1 Å². The molecule has 180 valence electrons. The normalized spacial score (nSPS) is 22.4. The van der Waals surface area contributed by atoms with Gasteiger partial charge in [-0.3, -0.25) is 9.59 Å². The lowest BCUT2D eigenvalue weighted by Crippen LogP contribution is -2.51. The Bertz CT molecular complexity index is 1090. The molecule has 1 aromatic heterocycles. The minimum atomic E-state index is -0.507. The Hall–Kier alpha value is -3.13. The van der Waals surface area contributed by atoms with Gasteiger partial charge in [-0.2, -0.15) is 4.98 Å². The van der Waals surface area contributed by atoms with Gasteiger partial charge in [0, 0.05) is 23.3 Å². The number of hydrogen-bond donors (Lipinski definition) is 4. The quantitative estimate of drug-likeness (QED) is 0.415. The van der Waals surface area contributed by atoms with Crippen LogP contribution in [0.4, 0.5) is 17.5 Å². The van der Waals surface area contributed by atoms with Gasteiger partial charge in [-0.1, -0.05) is 43.5 Å². The van der Waals surface area contributed by atoms with Crippen LogP contribution in [0.5, 0.6) is 0 Å². The molecule has 2 saturated carbocycles. The highest BCUT2D eigenvalue weighted by Crippen LogP contribution is 2.41. The van der Waals surface area contributed by atoms with Gasteiger partial charge in [0.05, 0.1) is 6.20 Å². The molecule has 4 rings (SSSR count). The Morgan fingerprint density at radius 1 is 1.18 bits per heavy atom. The largest absolute Gasteiger partial charge is 0.366 e. The number of nitrogens with one attached hydrogen (secondary N) is 3. The summed E-state index contributed by atoms with van der Waals surface area (Å²) in [4.78, 5) is 32.5. The summed E-state index contributed by atoms with van der Waals surface area (Å²) < 4.78 is 0. The van der Waals surface area contributed by atoms with Crippen LogP contribution in [-0.2, 0) is 4.79 Å². The van der Waals surface area contributed by atoms with Crippen molar-refractivity contribution >= 4 is 40.9 Å². The lowest BCUT2D eigenvalue weighted by atomic mass is 9.68. The molecule has 1 heterocycles. The number of rotatable bonds is 8. The van der Waals surface area contributed by atoms with Crippen LogP contribution in [0.1, 0.15) is 54.4 Å². The first-order valence-electron chi connectivity index (χ1n) is 11.7. The van der Waals surface area contributed by atoms with Gasteiger partial charge in [0.15, 0.2) is 5.82 Å². The molecule has 2 aromatic rings. The third-order valence-electron chi connectivity index (χ3n) is 7.06. The van der Waals surface area contributed by atoms with Gasteiger partial charge in [-0.25, -0.2) is 4.98 Å². The second kappa shape index (κ2) is 10.4. The maximum Gasteiger partial charge on any atom is 0.248 e. The molecular weight excluding hydrogens is 452 g/mol. The molecule has 2 fully saturated rings. The number of primary amides is 1. The fourth-order valence-corrected chi connectivity index (χ4v) is 5.00. The number of carbonyl (C=O) groups excluding carboxylic acids is 2. The lowest BCUT2D eigenvalue weighted by molar-refractivity contribution is -0.117. The number of nitrogens with two attached hydrogens (primary N) is 1. The van der Waals surface area contributed by atoms with Crippen LogP contribution in [0.25, 0.3) is 0 Å². The van der Waals surface area contributed by atoms with Crippen molar-refractivity contribution in [2.24, 2.45) is 17.6 Å². The van der Waals surface area contributed by atoms with Crippen LogP contribution in [0.2, 0.25) is 5.02 Å². The molecule has 3 atom stereocenters. The van der Waals surface area contributed by atoms with Gasteiger partial charge in [0.1, 0.15) is 5.02 Å². The van der Waals surface area contributed by atoms with E-state index < -0.39 is 5.91 Å². The van der Waals surface area contributed by atoms with E-state index >= 15 is 0 Å². The van der Waals surface area contributed by atoms with Gasteiger partial charge in [-0.15, -0.1) is 0 Å². The SMILES string of the molecule is C=CC(=O)N[C@H]1CC(C2CCC2)CC[C@H]1Nc1nc(Nc2cc(C(N)=O)ccc2C)ncc1Cl. The average Bonchev–Trinajstić information content (AvgIpc) is 2.77. The summed E-state index contributed by atoms with van der Waals surface area (Å²) >= 11 is 6.43. The topological polar surface area (TPSA) is 122 Å². The summed E-state index contributed by atoms with van der Waals surface area (Å²) in [6, 6.07) is 5.11. The van der Waals surface area contributed by atoms with Crippen molar-refractivity contribution in [1.82, 2.24) is 15.3 Å². The van der Waals surface area contributed by atoms with E-state index in [1.165, 1.54) is 31.5 Å². The van der Waals surface area contributed by atoms with E-state index in [1.807, 2.05) is 13.0 Å². The molecular formula is C25H31ClN6O2. The average molecular weight is 483 g/mol. The highest BCUT2D eigenvalue weighted by Gasteiger charge is 2.37. The molecule has 1 aromatic carbocycles. The molecule has 9 heteroatoms. The fourth-order valence-electron chi connectivity index (χ4n) is 4.85. The lowest BCUT2D eigenvalue weighted by Gasteiger charge is -2.43. The first kappa shape index (κ1) is 24.0. The number of halogens is 1. The standard InChI is InChI=1S/C25H31ClN6O2/c1-3-22(33)29-21-11-16(15-5-4-6-15)9-10-19(21)30-24-18(26)13-28-25(32-24)31-20-12-17(23(27)34)8-7-14(20)2/h3,7-8,12-13,15-16,19,21H,1,4-6,9-11H2,2H3,(H2,27,34)(H,29,33)(H2,28,30,31,32)/t16?,19-,21+/m1/s1. The first-order valence-corrected chi connectivity index (χ1v) is 12.1. The molecule has 0 radical (unpaired) electrons. The second-order valence-electron chi connectivity index (χ2n) is 9.24. The van der Waals surface area contributed by atoms with Crippen molar-refractivity contribution in [3.8, 4) is 0 Å². The summed E-state index contributed by atoms with van der Waals surface area (Å²) in [6.07, 6.45) is 9.66. The third kappa shape index (κ3) is 5.50. The smallest absolute Gasteiger partial charge is 0.248 e. The number of aromatic nitrogens is 2. The molecule has 2 aliphatic carbocycles. The van der Waals surface area contributed by atoms with Crippen LogP contribution in [0.3, 0.4) is 0 Å². The van der Waals surface area contributed by atoms with Crippen molar-refractivity contribution in [2.75, 3.05) is 10.6 Å². The molecule has 1 unspecified atom stereocenters. The Balaban J connectivity index is 1.51. The number of hydrogen-bond acceptors (Lipinski definition) is 6. The van der Waals surface area contributed by atoms with Crippen molar-refractivity contribution in [3.05, 3.63) is 53.2 Å². The number of aryl methyl sites for hydroxylation is 1. The molecule has 0 aliphatic heterocycles. The first-order chi connectivity index (χ1) is 16.3. The highest BCUT2D eigenvalue weighted by atomic mass is 35.5. The zero-order chi connectivity index (χ0) is 24.2. The highest BCUT2D eigenvalue weighted by molar-refractivity contribution is 6.32. The third-order valence-corrected chi connectivity index (χ3v) is 7.33. The molecule has 5 N–H and O–H groups in total. The predicted octanol–water partition coefficient (Wildman–Crippen LogP) is 4.33. The van der Waals surface area contributed by atoms with Crippen LogP contribution in [0, 0.1) is 18.8 Å². The zero-order valence-corrected chi connectivity index (χ0v) is 20.1. The van der Waals surface area contributed by atoms with E-state index in [4.69, 9.17) is 17.3 Å². The Labute approximate surface area is 204 Å². The predicted molar refractivity (Wildman–Crippen MR) is 134 cm³/mol. The van der Waals surface area contributed by atoms with Gasteiger partial charge in [-0.05, 0) is 61.8 Å². The minimum Gasteiger partial charge on any atom is -0.366 e. The number of benzene rings is 1. The van der Waals surface area contributed by atoms with Crippen LogP contribution in [0.15, 0.2) is 37.1 Å². The molecule has 2 aliphatic rings. The van der Waals surface area contributed by atoms with E-state index in [0.29, 0.717) is 34.0 Å². The Morgan fingerprint density at radius 3 is 2.65 bits per heavy atom. The van der Waals surface area contributed by atoms with Crippen molar-refractivity contribution < 1.29 is 9.59 Å². The number of amides is 2. The summed E-state index contributed by atoms with van der Waals surface area (Å²) in [5, 5.41) is 10.1. The maximum absolute atomic E-state index is 12.1. The van der Waals surface area contributed by atoms with Crippen molar-refractivity contribution in [1.29, 1.82) is 0 Å². The monoisotopic (exact) mass is 482 g/mol. The molecule has 34 heavy (non-hydrogen) atoms. The van der Waals surface area contributed by atoms with E-state index in [-0.39, 0.29) is 18.0 Å². The van der Waals surface area contributed by atoms with E-state index in [2.05, 4.69) is 32.5 Å². The molecule has 0 saturated heterocycles. The van der Waals surface area contributed by atoms with Crippen molar-refractivity contribution in [3.63, 3.8) is 0 Å². The second-order valence-corrected chi connectivity index (χ2v) is 9.65. The van der Waals surface area contributed by atoms with E-state index in [9.17, 15) is 9.59 Å². The molecule has 8 nitrogen and oxygen atoms in total. The van der Waals surface area contributed by atoms with Gasteiger partial charge in [0.2, 0.25) is 17.8 Å². The Morgan fingerprint density at radius 2 is 1.97 bits per heavy atom. The van der Waals surface area contributed by atoms with Gasteiger partial charge < -0.3 is 21.7 Å². The summed E-state index contributed by atoms with van der Waals surface area (Å²) in [5.74, 6) is 1.54. The molecule has 0 spiro atoms. The number of nitrogens with zero attached hydrogens (tertiary/aromatic N) is 2. The fraction of sp³-hybridized carbons (Fsp3) is 0.440. The summed E-state index contributed by atoms with van der Waals surface area (Å²) in [7, 11) is 0. The van der Waals surface area contributed by atoms with Crippen LogP contribution >= 0.6 is 11.6 Å².